The maximum atomic E-state index is 11.4. The van der Waals surface area contributed by atoms with Gasteiger partial charge in [-0.25, -0.2) is 0 Å². The molecule has 2 aliphatic carbocycles. The minimum absolute atomic E-state index is 0.293. The zero-order chi connectivity index (χ0) is 10.3. The Hall–Kier alpha value is -0.630. The molecule has 2 heteroatoms. The summed E-state index contributed by atoms with van der Waals surface area (Å²) in [6.45, 7) is 0.790. The van der Waals surface area contributed by atoms with E-state index in [4.69, 9.17) is 4.74 Å². The number of hydrogen-bond donors (Lipinski definition) is 0. The van der Waals surface area contributed by atoms with Crippen LogP contribution in [0.15, 0.2) is 11.6 Å². The lowest BCUT2D eigenvalue weighted by molar-refractivity contribution is -0.114. The normalized spacial score (nSPS) is 36.8. The van der Waals surface area contributed by atoms with Gasteiger partial charge in [0.2, 0.25) is 0 Å². The summed E-state index contributed by atoms with van der Waals surface area (Å²) in [7, 11) is 0. The standard InChI is InChI=1S/C13H18O2/c14-11-6-10-8-15-13(12(10)7-11)9-4-2-1-3-5-9/h7,9-10,13H,1-6,8H2/t10-,13+/m1/s1. The molecule has 2 atom stereocenters. The molecule has 2 nitrogen and oxygen atoms in total. The summed E-state index contributed by atoms with van der Waals surface area (Å²) in [6, 6.07) is 0. The van der Waals surface area contributed by atoms with Crippen LogP contribution in [0.2, 0.25) is 0 Å². The van der Waals surface area contributed by atoms with Crippen LogP contribution in [0, 0.1) is 11.8 Å². The molecule has 1 saturated heterocycles. The number of ketones is 1. The van der Waals surface area contributed by atoms with Crippen molar-refractivity contribution >= 4 is 5.78 Å². The van der Waals surface area contributed by atoms with Gasteiger partial charge in [0.25, 0.3) is 0 Å². The topological polar surface area (TPSA) is 26.3 Å². The number of carbonyl (C=O) groups is 1. The van der Waals surface area contributed by atoms with Crippen molar-refractivity contribution in [1.29, 1.82) is 0 Å². The van der Waals surface area contributed by atoms with Gasteiger partial charge in [-0.2, -0.15) is 0 Å². The van der Waals surface area contributed by atoms with Crippen LogP contribution in [0.5, 0.6) is 0 Å². The van der Waals surface area contributed by atoms with E-state index in [1.54, 1.807) is 0 Å². The Labute approximate surface area is 90.7 Å². The van der Waals surface area contributed by atoms with Crippen molar-refractivity contribution in [3.05, 3.63) is 11.6 Å². The smallest absolute Gasteiger partial charge is 0.156 e. The van der Waals surface area contributed by atoms with Crippen LogP contribution in [0.3, 0.4) is 0 Å². The average molecular weight is 206 g/mol. The first-order valence-corrected chi connectivity index (χ1v) is 6.20. The van der Waals surface area contributed by atoms with Gasteiger partial charge in [-0.05, 0) is 30.4 Å². The number of rotatable bonds is 1. The molecule has 0 aromatic carbocycles. The van der Waals surface area contributed by atoms with E-state index in [1.165, 1.54) is 37.7 Å². The van der Waals surface area contributed by atoms with E-state index in [0.717, 1.165) is 6.61 Å². The first kappa shape index (κ1) is 9.59. The van der Waals surface area contributed by atoms with Gasteiger partial charge in [-0.1, -0.05) is 19.3 Å². The zero-order valence-corrected chi connectivity index (χ0v) is 9.08. The monoisotopic (exact) mass is 206 g/mol. The summed E-state index contributed by atoms with van der Waals surface area (Å²) < 4.78 is 5.89. The highest BCUT2D eigenvalue weighted by atomic mass is 16.5. The van der Waals surface area contributed by atoms with Gasteiger partial charge in [0.05, 0.1) is 12.7 Å². The fourth-order valence-electron chi connectivity index (χ4n) is 3.35. The molecule has 1 heterocycles. The molecule has 0 spiro atoms. The SMILES string of the molecule is O=C1C=C2[C@@H](CO[C@H]2C2CCCCC2)C1. The largest absolute Gasteiger partial charge is 0.373 e. The minimum atomic E-state index is 0.293. The second-order valence-electron chi connectivity index (χ2n) is 5.16. The second-order valence-corrected chi connectivity index (χ2v) is 5.16. The first-order chi connectivity index (χ1) is 7.34. The maximum absolute atomic E-state index is 11.4. The highest BCUT2D eigenvalue weighted by molar-refractivity contribution is 5.94. The quantitative estimate of drug-likeness (QED) is 0.659. The fourth-order valence-corrected chi connectivity index (χ4v) is 3.35. The summed E-state index contributed by atoms with van der Waals surface area (Å²) in [4.78, 5) is 11.4. The Balaban J connectivity index is 1.76. The summed E-state index contributed by atoms with van der Waals surface area (Å²) in [6.07, 6.45) is 9.53. The van der Waals surface area contributed by atoms with E-state index in [-0.39, 0.29) is 0 Å². The second kappa shape index (κ2) is 3.75. The van der Waals surface area contributed by atoms with E-state index in [0.29, 0.717) is 30.1 Å². The third kappa shape index (κ3) is 1.65. The third-order valence-electron chi connectivity index (χ3n) is 4.13. The molecule has 2 fully saturated rings. The number of carbonyl (C=O) groups excluding carboxylic acids is 1. The van der Waals surface area contributed by atoms with E-state index in [1.807, 2.05) is 6.08 Å². The van der Waals surface area contributed by atoms with Gasteiger partial charge in [-0.15, -0.1) is 0 Å². The molecule has 3 aliphatic rings. The van der Waals surface area contributed by atoms with Crippen molar-refractivity contribution in [2.75, 3.05) is 6.61 Å². The lowest BCUT2D eigenvalue weighted by Crippen LogP contribution is -2.23. The summed E-state index contributed by atoms with van der Waals surface area (Å²) >= 11 is 0. The van der Waals surface area contributed by atoms with Crippen LogP contribution < -0.4 is 0 Å². The molecule has 3 rings (SSSR count). The van der Waals surface area contributed by atoms with E-state index in [2.05, 4.69) is 0 Å². The Kier molecular flexibility index (Phi) is 2.39. The van der Waals surface area contributed by atoms with Crippen LogP contribution in [0.1, 0.15) is 38.5 Å². The molecule has 0 amide bonds. The van der Waals surface area contributed by atoms with Gasteiger partial charge in [0.1, 0.15) is 0 Å². The molecule has 0 N–H and O–H groups in total. The maximum Gasteiger partial charge on any atom is 0.156 e. The van der Waals surface area contributed by atoms with Gasteiger partial charge in [0, 0.05) is 12.3 Å². The van der Waals surface area contributed by atoms with Crippen LogP contribution in [-0.2, 0) is 9.53 Å². The molecular formula is C13H18O2. The van der Waals surface area contributed by atoms with Crippen molar-refractivity contribution in [2.45, 2.75) is 44.6 Å². The van der Waals surface area contributed by atoms with E-state index < -0.39 is 0 Å². The van der Waals surface area contributed by atoms with Gasteiger partial charge >= 0.3 is 0 Å². The summed E-state index contributed by atoms with van der Waals surface area (Å²) in [5, 5.41) is 0. The van der Waals surface area contributed by atoms with Crippen molar-refractivity contribution < 1.29 is 9.53 Å². The lowest BCUT2D eigenvalue weighted by Gasteiger charge is -2.27. The van der Waals surface area contributed by atoms with Crippen molar-refractivity contribution in [3.63, 3.8) is 0 Å². The fraction of sp³-hybridized carbons (Fsp3) is 0.769. The Morgan fingerprint density at radius 3 is 2.80 bits per heavy atom. The lowest BCUT2D eigenvalue weighted by atomic mass is 9.82. The van der Waals surface area contributed by atoms with Gasteiger partial charge < -0.3 is 4.74 Å². The Bertz CT molecular complexity index is 300. The molecule has 1 saturated carbocycles. The highest BCUT2D eigenvalue weighted by Crippen LogP contribution is 2.41. The predicted octanol–water partition coefficient (Wildman–Crippen LogP) is 2.48. The molecular weight excluding hydrogens is 188 g/mol. The van der Waals surface area contributed by atoms with Crippen molar-refractivity contribution in [1.82, 2.24) is 0 Å². The van der Waals surface area contributed by atoms with Crippen LogP contribution >= 0.6 is 0 Å². The number of allylic oxidation sites excluding steroid dienone is 1. The highest BCUT2D eigenvalue weighted by Gasteiger charge is 2.40. The molecule has 0 unspecified atom stereocenters. The zero-order valence-electron chi connectivity index (χ0n) is 9.08. The predicted molar refractivity (Wildman–Crippen MR) is 57.5 cm³/mol. The average Bonchev–Trinajstić information content (AvgIpc) is 2.77. The number of ether oxygens (including phenoxy) is 1. The number of hydrogen-bond acceptors (Lipinski definition) is 2. The van der Waals surface area contributed by atoms with Crippen LogP contribution in [0.4, 0.5) is 0 Å². The molecule has 1 aliphatic heterocycles. The summed E-state index contributed by atoms with van der Waals surface area (Å²) in [5.41, 5.74) is 1.33. The molecule has 0 aromatic heterocycles. The van der Waals surface area contributed by atoms with Gasteiger partial charge in [0.15, 0.2) is 5.78 Å². The van der Waals surface area contributed by atoms with Crippen molar-refractivity contribution in [3.8, 4) is 0 Å². The van der Waals surface area contributed by atoms with E-state index >= 15 is 0 Å². The van der Waals surface area contributed by atoms with E-state index in [9.17, 15) is 4.79 Å². The molecule has 0 radical (unpaired) electrons. The first-order valence-electron chi connectivity index (χ1n) is 6.20. The molecule has 15 heavy (non-hydrogen) atoms. The van der Waals surface area contributed by atoms with Crippen LogP contribution in [-0.4, -0.2) is 18.5 Å². The Morgan fingerprint density at radius 1 is 1.20 bits per heavy atom. The minimum Gasteiger partial charge on any atom is -0.373 e. The van der Waals surface area contributed by atoms with Crippen LogP contribution in [0.25, 0.3) is 0 Å². The molecule has 0 aromatic rings. The molecule has 0 bridgehead atoms. The molecule has 82 valence electrons. The van der Waals surface area contributed by atoms with Crippen molar-refractivity contribution in [2.24, 2.45) is 11.8 Å². The summed E-state index contributed by atoms with van der Waals surface area (Å²) in [5.74, 6) is 1.45. The van der Waals surface area contributed by atoms with Gasteiger partial charge in [-0.3, -0.25) is 4.79 Å². The number of fused-ring (bicyclic) bond motifs is 1. The third-order valence-corrected chi connectivity index (χ3v) is 4.13. The Morgan fingerprint density at radius 2 is 2.00 bits per heavy atom.